The zero-order valence-electron chi connectivity index (χ0n) is 9.99. The van der Waals surface area contributed by atoms with Crippen molar-refractivity contribution in [3.8, 4) is 5.75 Å². The molecule has 0 radical (unpaired) electrons. The van der Waals surface area contributed by atoms with Crippen LogP contribution in [0.3, 0.4) is 0 Å². The number of ether oxygens (including phenoxy) is 1. The van der Waals surface area contributed by atoms with E-state index in [1.54, 1.807) is 18.2 Å². The molecule has 0 aliphatic carbocycles. The number of carbonyl (C=O) groups excluding carboxylic acids is 1. The maximum Gasteiger partial charge on any atom is 0.379 e. The standard InChI is InChI=1S/C13H8BrNO5/c14-10-3-4-11(9(8-10)5-6-15(17)18)20-13(16)12-2-1-7-19-12/h1-8H/b6-5+. The van der Waals surface area contributed by atoms with Crippen molar-refractivity contribution < 1.29 is 18.9 Å². The van der Waals surface area contributed by atoms with Crippen LogP contribution in [0.25, 0.3) is 6.08 Å². The molecule has 0 fully saturated rings. The Labute approximate surface area is 121 Å². The first-order valence-electron chi connectivity index (χ1n) is 5.43. The Kier molecular flexibility index (Phi) is 4.31. The number of nitro groups is 1. The normalized spacial score (nSPS) is 10.7. The van der Waals surface area contributed by atoms with Gasteiger partial charge >= 0.3 is 5.97 Å². The largest absolute Gasteiger partial charge is 0.457 e. The predicted molar refractivity (Wildman–Crippen MR) is 73.8 cm³/mol. The Morgan fingerprint density at radius 3 is 2.85 bits per heavy atom. The molecule has 1 heterocycles. The van der Waals surface area contributed by atoms with Crippen LogP contribution in [0, 0.1) is 10.1 Å². The number of rotatable bonds is 4. The van der Waals surface area contributed by atoms with Crippen molar-refractivity contribution in [3.63, 3.8) is 0 Å². The van der Waals surface area contributed by atoms with E-state index in [1.807, 2.05) is 0 Å². The van der Waals surface area contributed by atoms with E-state index >= 15 is 0 Å². The van der Waals surface area contributed by atoms with Crippen LogP contribution in [-0.4, -0.2) is 10.9 Å². The second-order valence-corrected chi connectivity index (χ2v) is 4.57. The summed E-state index contributed by atoms with van der Waals surface area (Å²) >= 11 is 3.25. The van der Waals surface area contributed by atoms with Gasteiger partial charge in [-0.3, -0.25) is 10.1 Å². The van der Waals surface area contributed by atoms with Gasteiger partial charge in [-0.05, 0) is 30.3 Å². The van der Waals surface area contributed by atoms with Crippen LogP contribution >= 0.6 is 15.9 Å². The molecule has 1 aromatic heterocycles. The highest BCUT2D eigenvalue weighted by molar-refractivity contribution is 9.10. The number of esters is 1. The van der Waals surface area contributed by atoms with Crippen molar-refractivity contribution in [3.05, 3.63) is 68.7 Å². The van der Waals surface area contributed by atoms with Gasteiger partial charge in [0, 0.05) is 16.1 Å². The molecule has 1 aromatic carbocycles. The lowest BCUT2D eigenvalue weighted by Crippen LogP contribution is -2.08. The maximum atomic E-state index is 11.8. The smallest absolute Gasteiger partial charge is 0.379 e. The molecule has 2 rings (SSSR count). The van der Waals surface area contributed by atoms with Crippen LogP contribution < -0.4 is 4.74 Å². The minimum atomic E-state index is -0.673. The number of benzene rings is 1. The summed E-state index contributed by atoms with van der Waals surface area (Å²) in [7, 11) is 0. The third kappa shape index (κ3) is 3.55. The number of halogens is 1. The molecule has 20 heavy (non-hydrogen) atoms. The molecule has 0 unspecified atom stereocenters. The SMILES string of the molecule is O=C(Oc1ccc(Br)cc1/C=C/[N+](=O)[O-])c1ccco1. The zero-order valence-corrected chi connectivity index (χ0v) is 11.6. The molecule has 2 aromatic rings. The number of hydrogen-bond donors (Lipinski definition) is 0. The Balaban J connectivity index is 2.27. The van der Waals surface area contributed by atoms with Crippen LogP contribution in [-0.2, 0) is 0 Å². The van der Waals surface area contributed by atoms with E-state index in [0.717, 1.165) is 6.20 Å². The summed E-state index contributed by atoms with van der Waals surface area (Å²) in [6.45, 7) is 0. The summed E-state index contributed by atoms with van der Waals surface area (Å²) < 4.78 is 10.8. The molecule has 0 amide bonds. The Bertz CT molecular complexity index is 663. The summed E-state index contributed by atoms with van der Waals surface area (Å²) in [5.41, 5.74) is 0.399. The Morgan fingerprint density at radius 2 is 2.20 bits per heavy atom. The van der Waals surface area contributed by atoms with Gasteiger partial charge in [0.1, 0.15) is 5.75 Å². The molecule has 0 bridgehead atoms. The number of hydrogen-bond acceptors (Lipinski definition) is 5. The van der Waals surface area contributed by atoms with Crippen molar-refractivity contribution in [2.75, 3.05) is 0 Å². The summed E-state index contributed by atoms with van der Waals surface area (Å²) in [5.74, 6) is -0.419. The zero-order chi connectivity index (χ0) is 14.5. The summed E-state index contributed by atoms with van der Waals surface area (Å²) in [4.78, 5) is 21.5. The number of nitrogens with zero attached hydrogens (tertiary/aromatic N) is 1. The average molecular weight is 338 g/mol. The molecule has 7 heteroatoms. The lowest BCUT2D eigenvalue weighted by atomic mass is 10.2. The van der Waals surface area contributed by atoms with Gasteiger partial charge < -0.3 is 9.15 Å². The summed E-state index contributed by atoms with van der Waals surface area (Å²) in [6.07, 6.45) is 3.37. The molecule has 0 atom stereocenters. The van der Waals surface area contributed by atoms with E-state index in [2.05, 4.69) is 15.9 Å². The lowest BCUT2D eigenvalue weighted by molar-refractivity contribution is -0.400. The van der Waals surface area contributed by atoms with Crippen LogP contribution in [0.4, 0.5) is 0 Å². The molecule has 0 saturated heterocycles. The fourth-order valence-electron chi connectivity index (χ4n) is 1.43. The van der Waals surface area contributed by atoms with Crippen molar-refractivity contribution >= 4 is 28.0 Å². The van der Waals surface area contributed by atoms with Crippen molar-refractivity contribution in [2.24, 2.45) is 0 Å². The molecule has 0 spiro atoms. The van der Waals surface area contributed by atoms with Gasteiger partial charge in [0.25, 0.3) is 0 Å². The highest BCUT2D eigenvalue weighted by Crippen LogP contribution is 2.25. The fourth-order valence-corrected chi connectivity index (χ4v) is 1.81. The quantitative estimate of drug-likeness (QED) is 0.369. The topological polar surface area (TPSA) is 82.6 Å². The number of carbonyl (C=O) groups is 1. The lowest BCUT2D eigenvalue weighted by Gasteiger charge is -2.06. The van der Waals surface area contributed by atoms with Gasteiger partial charge in [0.05, 0.1) is 11.2 Å². The monoisotopic (exact) mass is 337 g/mol. The molecule has 6 nitrogen and oxygen atoms in total. The van der Waals surface area contributed by atoms with Crippen LogP contribution in [0.1, 0.15) is 16.1 Å². The predicted octanol–water partition coefficient (Wildman–Crippen LogP) is 3.51. The van der Waals surface area contributed by atoms with Gasteiger partial charge in [-0.1, -0.05) is 15.9 Å². The van der Waals surface area contributed by atoms with Gasteiger partial charge in [-0.2, -0.15) is 0 Å². The summed E-state index contributed by atoms with van der Waals surface area (Å²) in [5, 5.41) is 10.4. The van der Waals surface area contributed by atoms with E-state index in [4.69, 9.17) is 9.15 Å². The average Bonchev–Trinajstić information content (AvgIpc) is 2.93. The molecule has 0 saturated carbocycles. The molecule has 0 aliphatic heterocycles. The van der Waals surface area contributed by atoms with E-state index in [0.29, 0.717) is 10.0 Å². The molecule has 0 aliphatic rings. The van der Waals surface area contributed by atoms with Crippen molar-refractivity contribution in [2.45, 2.75) is 0 Å². The molecule has 102 valence electrons. The van der Waals surface area contributed by atoms with Crippen molar-refractivity contribution in [1.29, 1.82) is 0 Å². The molecular formula is C13H8BrNO5. The van der Waals surface area contributed by atoms with Gasteiger partial charge in [-0.15, -0.1) is 0 Å². The second-order valence-electron chi connectivity index (χ2n) is 3.65. The van der Waals surface area contributed by atoms with Crippen LogP contribution in [0.5, 0.6) is 5.75 Å². The first-order chi connectivity index (χ1) is 9.56. The van der Waals surface area contributed by atoms with E-state index in [1.165, 1.54) is 24.5 Å². The van der Waals surface area contributed by atoms with E-state index in [-0.39, 0.29) is 11.5 Å². The van der Waals surface area contributed by atoms with Crippen molar-refractivity contribution in [1.82, 2.24) is 0 Å². The molecular weight excluding hydrogens is 330 g/mol. The van der Waals surface area contributed by atoms with E-state index < -0.39 is 10.9 Å². The minimum absolute atomic E-state index is 0.0529. The van der Waals surface area contributed by atoms with Crippen LogP contribution in [0.2, 0.25) is 0 Å². The summed E-state index contributed by atoms with van der Waals surface area (Å²) in [6, 6.07) is 7.82. The third-order valence-electron chi connectivity index (χ3n) is 2.27. The van der Waals surface area contributed by atoms with Gasteiger partial charge in [0.2, 0.25) is 12.0 Å². The first kappa shape index (κ1) is 14.0. The van der Waals surface area contributed by atoms with Gasteiger partial charge in [-0.25, -0.2) is 4.79 Å². The Hall–Kier alpha value is -2.41. The van der Waals surface area contributed by atoms with Crippen LogP contribution in [0.15, 0.2) is 51.7 Å². The van der Waals surface area contributed by atoms with Gasteiger partial charge in [0.15, 0.2) is 0 Å². The molecule has 0 N–H and O–H groups in total. The first-order valence-corrected chi connectivity index (χ1v) is 6.22. The highest BCUT2D eigenvalue weighted by Gasteiger charge is 2.13. The second kappa shape index (κ2) is 6.16. The fraction of sp³-hybridized carbons (Fsp3) is 0. The highest BCUT2D eigenvalue weighted by atomic mass is 79.9. The minimum Gasteiger partial charge on any atom is -0.457 e. The number of furan rings is 1. The van der Waals surface area contributed by atoms with E-state index in [9.17, 15) is 14.9 Å². The Morgan fingerprint density at radius 1 is 1.40 bits per heavy atom. The maximum absolute atomic E-state index is 11.8. The third-order valence-corrected chi connectivity index (χ3v) is 2.77.